The van der Waals surface area contributed by atoms with Gasteiger partial charge in [0, 0.05) is 23.0 Å². The van der Waals surface area contributed by atoms with Crippen molar-refractivity contribution in [2.24, 2.45) is 0 Å². The zero-order valence-electron chi connectivity index (χ0n) is 21.8. The minimum atomic E-state index is -4.91. The van der Waals surface area contributed by atoms with Crippen molar-refractivity contribution in [3.8, 4) is 11.5 Å². The van der Waals surface area contributed by atoms with Crippen LogP contribution in [0.15, 0.2) is 81.7 Å². The van der Waals surface area contributed by atoms with Crippen LogP contribution >= 0.6 is 109 Å². The van der Waals surface area contributed by atoms with E-state index in [9.17, 15) is 13.3 Å². The lowest BCUT2D eigenvalue weighted by Gasteiger charge is -2.21. The fourth-order valence-corrected chi connectivity index (χ4v) is 8.46. The van der Waals surface area contributed by atoms with E-state index in [0.717, 1.165) is 22.3 Å². The first kappa shape index (κ1) is 35.2. The third kappa shape index (κ3) is 10.2. The lowest BCUT2D eigenvalue weighted by Crippen LogP contribution is -2.09. The number of thioether (sulfide) groups is 2. The van der Waals surface area contributed by atoms with Crippen molar-refractivity contribution in [3.63, 3.8) is 0 Å². The predicted octanol–water partition coefficient (Wildman–Crippen LogP) is 13.6. The molecule has 0 aliphatic rings. The molecule has 0 fully saturated rings. The van der Waals surface area contributed by atoms with Crippen LogP contribution in [0.3, 0.4) is 0 Å². The third-order valence-corrected chi connectivity index (χ3v) is 12.0. The maximum Gasteiger partial charge on any atom is 0.497 e. The molecule has 4 aromatic rings. The molecule has 0 bridgehead atoms. The number of rotatable bonds is 13. The van der Waals surface area contributed by atoms with Crippen molar-refractivity contribution >= 4 is 109 Å². The summed E-state index contributed by atoms with van der Waals surface area (Å²) in [5.74, 6) is 2.62. The molecule has 0 heterocycles. The predicted molar refractivity (Wildman–Crippen MR) is 186 cm³/mol. The van der Waals surface area contributed by atoms with E-state index in [4.69, 9.17) is 55.5 Å². The van der Waals surface area contributed by atoms with Gasteiger partial charge < -0.3 is 9.05 Å². The van der Waals surface area contributed by atoms with E-state index in [1.165, 1.54) is 12.1 Å². The molecule has 0 unspecified atom stereocenters. The van der Waals surface area contributed by atoms with Gasteiger partial charge in [-0.2, -0.15) is 32.3 Å². The van der Waals surface area contributed by atoms with Crippen LogP contribution in [0.25, 0.3) is 0 Å². The Morgan fingerprint density at radius 1 is 0.605 bits per heavy atom. The van der Waals surface area contributed by atoms with Crippen molar-refractivity contribution < 1.29 is 22.4 Å². The van der Waals surface area contributed by atoms with E-state index < -0.39 is 13.8 Å². The largest absolute Gasteiger partial charge is 0.497 e. The number of alkyl halides is 2. The van der Waals surface area contributed by atoms with Crippen molar-refractivity contribution in [2.75, 3.05) is 0 Å². The molecule has 4 aromatic carbocycles. The van der Waals surface area contributed by atoms with Gasteiger partial charge in [-0.25, -0.2) is 4.57 Å². The Kier molecular flexibility index (Phi) is 13.3. The summed E-state index contributed by atoms with van der Waals surface area (Å²) >= 11 is 34.1. The van der Waals surface area contributed by atoms with Crippen molar-refractivity contribution in [2.45, 2.75) is 29.2 Å². The van der Waals surface area contributed by atoms with Gasteiger partial charge in [0.15, 0.2) is 0 Å². The van der Waals surface area contributed by atoms with Gasteiger partial charge in [0.1, 0.15) is 11.5 Å². The Hall–Kier alpha value is -0.610. The molecule has 14 heteroatoms. The van der Waals surface area contributed by atoms with Crippen LogP contribution in [0.1, 0.15) is 22.3 Å². The van der Waals surface area contributed by atoms with E-state index in [-0.39, 0.29) is 11.5 Å². The van der Waals surface area contributed by atoms with Crippen LogP contribution < -0.4 is 9.05 Å². The highest BCUT2D eigenvalue weighted by Gasteiger charge is 2.41. The number of benzene rings is 4. The number of hydrogen-bond donors (Lipinski definition) is 0. The number of halogens is 8. The summed E-state index contributed by atoms with van der Waals surface area (Å²) in [4.78, 5) is 0. The van der Waals surface area contributed by atoms with Crippen LogP contribution in [0, 0.1) is 0 Å². The maximum atomic E-state index is 14.1. The molecule has 0 spiro atoms. The second kappa shape index (κ2) is 16.3. The summed E-state index contributed by atoms with van der Waals surface area (Å²) in [5.41, 5.74) is 3.87. The monoisotopic (exact) mass is 848 g/mol. The summed E-state index contributed by atoms with van der Waals surface area (Å²) in [6.45, 7) is 0. The second-order valence-corrected chi connectivity index (χ2v) is 16.2. The number of hydrogen-bond acceptors (Lipinski definition) is 5. The third-order valence-electron chi connectivity index (χ3n) is 5.73. The van der Waals surface area contributed by atoms with Gasteiger partial charge in [0.2, 0.25) is 0 Å². The highest BCUT2D eigenvalue weighted by atomic mass is 79.9. The van der Waals surface area contributed by atoms with E-state index in [2.05, 4.69) is 31.9 Å². The molecule has 0 saturated heterocycles. The van der Waals surface area contributed by atoms with Crippen LogP contribution in [-0.4, -0.2) is 6.17 Å². The first-order valence-electron chi connectivity index (χ1n) is 12.3. The van der Waals surface area contributed by atoms with Crippen LogP contribution in [0.5, 0.6) is 11.5 Å². The molecule has 0 atom stereocenters. The Labute approximate surface area is 294 Å². The van der Waals surface area contributed by atoms with Crippen molar-refractivity contribution in [3.05, 3.63) is 124 Å². The Morgan fingerprint density at radius 2 is 0.953 bits per heavy atom. The molecule has 4 rings (SSSR count). The topological polar surface area (TPSA) is 35.5 Å². The minimum absolute atomic E-state index is 0.0201. The van der Waals surface area contributed by atoms with E-state index >= 15 is 0 Å². The Balaban J connectivity index is 1.35. The molecule has 0 radical (unpaired) electrons. The fraction of sp³-hybridized carbons (Fsp3) is 0.172. The zero-order valence-corrected chi connectivity index (χ0v) is 30.6. The average molecular weight is 852 g/mol. The first-order valence-corrected chi connectivity index (χ1v) is 19.3. The fourth-order valence-electron chi connectivity index (χ4n) is 3.62. The van der Waals surface area contributed by atoms with Gasteiger partial charge in [-0.15, -0.1) is 0 Å². The standard InChI is InChI=1S/C29H21Br2Cl4F2O3PS2/c30-21-9-17(13-42-15-19-1-5-23(32)25(34)11-19)3-7-27(21)39-41(38,29(36)37)40-28-8-4-18(10-22(28)31)14-43-16-20-2-6-24(33)26(35)12-20/h1-12,29H,13-16H2. The molecule has 0 N–H and O–H groups in total. The molecular weight excluding hydrogens is 831 g/mol. The van der Waals surface area contributed by atoms with Crippen LogP contribution in [0.4, 0.5) is 8.78 Å². The lowest BCUT2D eigenvalue weighted by atomic mass is 10.2. The summed E-state index contributed by atoms with van der Waals surface area (Å²) in [7, 11) is -4.91. The summed E-state index contributed by atoms with van der Waals surface area (Å²) in [6, 6.07) is 20.8. The summed E-state index contributed by atoms with van der Waals surface area (Å²) in [6.07, 6.45) is -3.38. The molecule has 0 aromatic heterocycles. The minimum Gasteiger partial charge on any atom is -0.411 e. The van der Waals surface area contributed by atoms with Gasteiger partial charge in [-0.05, 0) is 103 Å². The molecule has 0 saturated carbocycles. The van der Waals surface area contributed by atoms with Crippen LogP contribution in [0.2, 0.25) is 20.1 Å². The SMILES string of the molecule is O=P(Oc1ccc(CSCc2ccc(Cl)c(Cl)c2)cc1Br)(Oc1ccc(CSCc2ccc(Cl)c(Cl)c2)cc1Br)C(F)F. The van der Waals surface area contributed by atoms with Crippen molar-refractivity contribution in [1.82, 2.24) is 0 Å². The zero-order chi connectivity index (χ0) is 31.1. The second-order valence-electron chi connectivity index (χ2n) is 9.01. The molecule has 43 heavy (non-hydrogen) atoms. The summed E-state index contributed by atoms with van der Waals surface area (Å²) < 4.78 is 52.7. The normalized spacial score (nSPS) is 11.7. The highest BCUT2D eigenvalue weighted by Crippen LogP contribution is 2.56. The molecule has 0 amide bonds. The van der Waals surface area contributed by atoms with E-state index in [0.29, 0.717) is 52.0 Å². The Bertz CT molecular complexity index is 1540. The van der Waals surface area contributed by atoms with Gasteiger partial charge >= 0.3 is 13.8 Å². The van der Waals surface area contributed by atoms with Crippen LogP contribution in [-0.2, 0) is 27.6 Å². The smallest absolute Gasteiger partial charge is 0.411 e. The van der Waals surface area contributed by atoms with Gasteiger partial charge in [0.25, 0.3) is 0 Å². The molecule has 228 valence electrons. The average Bonchev–Trinajstić information content (AvgIpc) is 2.95. The molecule has 0 aliphatic carbocycles. The van der Waals surface area contributed by atoms with Gasteiger partial charge in [0.05, 0.1) is 29.0 Å². The Morgan fingerprint density at radius 3 is 1.28 bits per heavy atom. The molecular formula is C29H21Br2Cl4F2O3PS2. The first-order chi connectivity index (χ1) is 20.4. The molecule has 3 nitrogen and oxygen atoms in total. The van der Waals surface area contributed by atoms with Crippen molar-refractivity contribution in [1.29, 1.82) is 0 Å². The highest BCUT2D eigenvalue weighted by molar-refractivity contribution is 9.11. The van der Waals surface area contributed by atoms with E-state index in [1.54, 1.807) is 59.9 Å². The molecule has 0 aliphatic heterocycles. The van der Waals surface area contributed by atoms with Gasteiger partial charge in [-0.1, -0.05) is 70.7 Å². The van der Waals surface area contributed by atoms with Gasteiger partial charge in [-0.3, -0.25) is 0 Å². The quantitative estimate of drug-likeness (QED) is 0.125. The van der Waals surface area contributed by atoms with E-state index in [1.807, 2.05) is 24.3 Å². The maximum absolute atomic E-state index is 14.1. The summed E-state index contributed by atoms with van der Waals surface area (Å²) in [5, 5.41) is 1.98. The lowest BCUT2D eigenvalue weighted by molar-refractivity contribution is 0.191.